The number of pyridine rings is 1. The standard InChI is InChI=1S/C24H30N4O/c1-17-13-23(26-22-15-19-6-3-5-18(19)14-21(17)22)28-9-4-7-20(16-28)24-25-8-10-27(24)11-12-29-2/h8,10,13-15,20H,3-7,9,11-12,16H2,1-2H3/t20-/m0/s1. The van der Waals surface area contributed by atoms with Crippen molar-refractivity contribution in [3.63, 3.8) is 0 Å². The Kier molecular flexibility index (Phi) is 5.00. The number of piperidine rings is 1. The van der Waals surface area contributed by atoms with Crippen molar-refractivity contribution in [3.05, 3.63) is 53.1 Å². The summed E-state index contributed by atoms with van der Waals surface area (Å²) in [6, 6.07) is 7.01. The Hall–Kier alpha value is -2.40. The molecule has 5 heteroatoms. The van der Waals surface area contributed by atoms with Crippen molar-refractivity contribution in [1.29, 1.82) is 0 Å². The fourth-order valence-corrected chi connectivity index (χ4v) is 5.06. The summed E-state index contributed by atoms with van der Waals surface area (Å²) in [6.45, 7) is 5.86. The first-order valence-electron chi connectivity index (χ1n) is 10.9. The van der Waals surface area contributed by atoms with E-state index in [1.165, 1.54) is 60.0 Å². The Bertz CT molecular complexity index is 1030. The van der Waals surface area contributed by atoms with E-state index < -0.39 is 0 Å². The first-order valence-corrected chi connectivity index (χ1v) is 10.9. The van der Waals surface area contributed by atoms with Crippen LogP contribution in [0.2, 0.25) is 0 Å². The van der Waals surface area contributed by atoms with Gasteiger partial charge in [-0.05, 0) is 73.9 Å². The minimum atomic E-state index is 0.438. The summed E-state index contributed by atoms with van der Waals surface area (Å²) in [6.07, 6.45) is 10.0. The molecule has 1 aromatic carbocycles. The van der Waals surface area contributed by atoms with Gasteiger partial charge in [-0.1, -0.05) is 0 Å². The zero-order chi connectivity index (χ0) is 19.8. The number of anilines is 1. The molecule has 1 aliphatic heterocycles. The third-order valence-corrected chi connectivity index (χ3v) is 6.61. The van der Waals surface area contributed by atoms with Crippen LogP contribution in [0.3, 0.4) is 0 Å². The van der Waals surface area contributed by atoms with Gasteiger partial charge in [0.05, 0.1) is 12.1 Å². The number of nitrogens with zero attached hydrogens (tertiary/aromatic N) is 4. The lowest BCUT2D eigenvalue weighted by Gasteiger charge is -2.34. The van der Waals surface area contributed by atoms with Gasteiger partial charge in [-0.2, -0.15) is 0 Å². The van der Waals surface area contributed by atoms with Crippen LogP contribution < -0.4 is 4.90 Å². The number of hydrogen-bond acceptors (Lipinski definition) is 4. The molecule has 0 saturated carbocycles. The average Bonchev–Trinajstić information content (AvgIpc) is 3.40. The molecule has 3 aromatic rings. The summed E-state index contributed by atoms with van der Waals surface area (Å²) in [5.74, 6) is 2.74. The number of ether oxygens (including phenoxy) is 1. The number of rotatable bonds is 5. The van der Waals surface area contributed by atoms with Crippen LogP contribution in [0.1, 0.15) is 47.7 Å². The summed E-state index contributed by atoms with van der Waals surface area (Å²) in [4.78, 5) is 12.3. The molecule has 29 heavy (non-hydrogen) atoms. The van der Waals surface area contributed by atoms with E-state index in [9.17, 15) is 0 Å². The van der Waals surface area contributed by atoms with Crippen molar-refractivity contribution in [1.82, 2.24) is 14.5 Å². The van der Waals surface area contributed by atoms with Crippen LogP contribution in [-0.4, -0.2) is 41.3 Å². The van der Waals surface area contributed by atoms with E-state index in [0.717, 1.165) is 37.6 Å². The second-order valence-corrected chi connectivity index (χ2v) is 8.55. The number of benzene rings is 1. The highest BCUT2D eigenvalue weighted by Crippen LogP contribution is 2.33. The van der Waals surface area contributed by atoms with E-state index in [0.29, 0.717) is 5.92 Å². The molecule has 0 unspecified atom stereocenters. The van der Waals surface area contributed by atoms with Crippen LogP contribution in [0.5, 0.6) is 0 Å². The minimum absolute atomic E-state index is 0.438. The Morgan fingerprint density at radius 2 is 2.00 bits per heavy atom. The van der Waals surface area contributed by atoms with Crippen LogP contribution in [-0.2, 0) is 24.1 Å². The summed E-state index contributed by atoms with van der Waals surface area (Å²) in [5.41, 5.74) is 5.52. The molecule has 3 heterocycles. The van der Waals surface area contributed by atoms with Gasteiger partial charge < -0.3 is 14.2 Å². The van der Waals surface area contributed by atoms with Crippen LogP contribution in [0.15, 0.2) is 30.6 Å². The first kappa shape index (κ1) is 18.6. The van der Waals surface area contributed by atoms with Crippen molar-refractivity contribution >= 4 is 16.7 Å². The quantitative estimate of drug-likeness (QED) is 0.653. The molecule has 0 amide bonds. The number of methoxy groups -OCH3 is 1. The van der Waals surface area contributed by atoms with Gasteiger partial charge >= 0.3 is 0 Å². The van der Waals surface area contributed by atoms with Gasteiger partial charge in [-0.3, -0.25) is 0 Å². The topological polar surface area (TPSA) is 43.2 Å². The summed E-state index contributed by atoms with van der Waals surface area (Å²) < 4.78 is 7.51. The van der Waals surface area contributed by atoms with Crippen molar-refractivity contribution in [3.8, 4) is 0 Å². The molecule has 1 aliphatic carbocycles. The second kappa shape index (κ2) is 7.79. The van der Waals surface area contributed by atoms with Gasteiger partial charge in [0.25, 0.3) is 0 Å². The Morgan fingerprint density at radius 3 is 2.86 bits per heavy atom. The zero-order valence-electron chi connectivity index (χ0n) is 17.5. The van der Waals surface area contributed by atoms with E-state index >= 15 is 0 Å². The highest BCUT2D eigenvalue weighted by molar-refractivity contribution is 5.85. The third-order valence-electron chi connectivity index (χ3n) is 6.61. The van der Waals surface area contributed by atoms with Gasteiger partial charge in [0.15, 0.2) is 0 Å². The van der Waals surface area contributed by atoms with Crippen LogP contribution in [0.25, 0.3) is 10.9 Å². The monoisotopic (exact) mass is 390 g/mol. The summed E-state index contributed by atoms with van der Waals surface area (Å²) in [7, 11) is 1.75. The molecular weight excluding hydrogens is 360 g/mol. The predicted molar refractivity (Wildman–Crippen MR) is 117 cm³/mol. The molecule has 0 N–H and O–H groups in total. The van der Waals surface area contributed by atoms with Crippen LogP contribution in [0.4, 0.5) is 5.82 Å². The van der Waals surface area contributed by atoms with Gasteiger partial charge in [-0.25, -0.2) is 9.97 Å². The SMILES string of the molecule is COCCn1ccnc1[C@H]1CCCN(c2cc(C)c3cc4c(cc3n2)CCC4)C1. The number of aromatic nitrogens is 3. The molecule has 1 atom stereocenters. The molecule has 1 fully saturated rings. The van der Waals surface area contributed by atoms with Crippen molar-refractivity contribution < 1.29 is 4.74 Å². The second-order valence-electron chi connectivity index (χ2n) is 8.55. The maximum absolute atomic E-state index is 5.26. The molecular formula is C24H30N4O. The predicted octanol–water partition coefficient (Wildman–Crippen LogP) is 4.26. The average molecular weight is 391 g/mol. The number of hydrogen-bond donors (Lipinski definition) is 0. The number of aryl methyl sites for hydroxylation is 3. The van der Waals surface area contributed by atoms with Gasteiger partial charge in [0.1, 0.15) is 11.6 Å². The van der Waals surface area contributed by atoms with Gasteiger partial charge in [0, 0.05) is 50.4 Å². The largest absolute Gasteiger partial charge is 0.383 e. The molecule has 5 rings (SSSR count). The minimum Gasteiger partial charge on any atom is -0.383 e. The Labute approximate surface area is 172 Å². The maximum Gasteiger partial charge on any atom is 0.129 e. The van der Waals surface area contributed by atoms with E-state index in [2.05, 4.69) is 45.8 Å². The number of imidazole rings is 1. The summed E-state index contributed by atoms with van der Waals surface area (Å²) >= 11 is 0. The Balaban J connectivity index is 1.43. The van der Waals surface area contributed by atoms with E-state index in [4.69, 9.17) is 9.72 Å². The maximum atomic E-state index is 5.26. The lowest BCUT2D eigenvalue weighted by atomic mass is 9.96. The van der Waals surface area contributed by atoms with Crippen molar-refractivity contribution in [2.24, 2.45) is 0 Å². The summed E-state index contributed by atoms with van der Waals surface area (Å²) in [5, 5.41) is 1.32. The third kappa shape index (κ3) is 3.52. The lowest BCUT2D eigenvalue weighted by molar-refractivity contribution is 0.185. The Morgan fingerprint density at radius 1 is 1.14 bits per heavy atom. The van der Waals surface area contributed by atoms with Crippen LogP contribution >= 0.6 is 0 Å². The van der Waals surface area contributed by atoms with E-state index in [1.807, 2.05) is 6.20 Å². The van der Waals surface area contributed by atoms with E-state index in [1.54, 1.807) is 7.11 Å². The lowest BCUT2D eigenvalue weighted by Crippen LogP contribution is -2.36. The van der Waals surface area contributed by atoms with Gasteiger partial charge in [-0.15, -0.1) is 0 Å². The molecule has 0 bridgehead atoms. The first-order chi connectivity index (χ1) is 14.2. The van der Waals surface area contributed by atoms with E-state index in [-0.39, 0.29) is 0 Å². The van der Waals surface area contributed by atoms with Crippen LogP contribution in [0, 0.1) is 6.92 Å². The molecule has 2 aromatic heterocycles. The molecule has 152 valence electrons. The molecule has 1 saturated heterocycles. The molecule has 2 aliphatic rings. The highest BCUT2D eigenvalue weighted by Gasteiger charge is 2.26. The fourth-order valence-electron chi connectivity index (χ4n) is 5.06. The highest BCUT2D eigenvalue weighted by atomic mass is 16.5. The van der Waals surface area contributed by atoms with Crippen molar-refractivity contribution in [2.45, 2.75) is 51.5 Å². The fraction of sp³-hybridized carbons (Fsp3) is 0.500. The number of fused-ring (bicyclic) bond motifs is 2. The van der Waals surface area contributed by atoms with Gasteiger partial charge in [0.2, 0.25) is 0 Å². The van der Waals surface area contributed by atoms with Crippen molar-refractivity contribution in [2.75, 3.05) is 31.7 Å². The molecule has 5 nitrogen and oxygen atoms in total. The molecule has 0 radical (unpaired) electrons. The smallest absolute Gasteiger partial charge is 0.129 e. The molecule has 0 spiro atoms. The zero-order valence-corrected chi connectivity index (χ0v) is 17.5. The normalized spacial score (nSPS) is 19.1.